The summed E-state index contributed by atoms with van der Waals surface area (Å²) in [4.78, 5) is 21.1. The standard InChI is InChI=1S/C15H20N2O2S2/c1-4-5-8-13(2)17(3)19-15(18)10-12-20-21-14-9-6-7-11-16-14/h4,6-7,9,11H,1-2,5,8,10,12H2,3H3. The van der Waals surface area contributed by atoms with Crippen LogP contribution in [0.2, 0.25) is 0 Å². The Morgan fingerprint density at radius 3 is 2.95 bits per heavy atom. The predicted octanol–water partition coefficient (Wildman–Crippen LogP) is 4.08. The third-order valence-electron chi connectivity index (χ3n) is 2.49. The highest BCUT2D eigenvalue weighted by molar-refractivity contribution is 8.76. The van der Waals surface area contributed by atoms with Gasteiger partial charge in [-0.05, 0) is 35.8 Å². The van der Waals surface area contributed by atoms with Crippen molar-refractivity contribution in [1.29, 1.82) is 0 Å². The average molecular weight is 324 g/mol. The van der Waals surface area contributed by atoms with E-state index >= 15 is 0 Å². The number of allylic oxidation sites excluding steroid dienone is 2. The number of nitrogens with zero attached hydrogens (tertiary/aromatic N) is 2. The Kier molecular flexibility index (Phi) is 8.69. The molecule has 6 heteroatoms. The first-order chi connectivity index (χ1) is 10.1. The summed E-state index contributed by atoms with van der Waals surface area (Å²) in [6.07, 6.45) is 5.46. The fraction of sp³-hybridized carbons (Fsp3) is 0.333. The first-order valence-electron chi connectivity index (χ1n) is 6.57. The van der Waals surface area contributed by atoms with Crippen LogP contribution in [-0.4, -0.2) is 28.8 Å². The molecular formula is C15H20N2O2S2. The van der Waals surface area contributed by atoms with E-state index in [2.05, 4.69) is 18.1 Å². The maximum absolute atomic E-state index is 11.7. The van der Waals surface area contributed by atoms with Gasteiger partial charge in [0.25, 0.3) is 0 Å². The van der Waals surface area contributed by atoms with Gasteiger partial charge in [-0.3, -0.25) is 0 Å². The fourth-order valence-electron chi connectivity index (χ4n) is 1.31. The van der Waals surface area contributed by atoms with Crippen LogP contribution in [0.3, 0.4) is 0 Å². The van der Waals surface area contributed by atoms with Gasteiger partial charge in [0.2, 0.25) is 0 Å². The summed E-state index contributed by atoms with van der Waals surface area (Å²) < 4.78 is 0. The summed E-state index contributed by atoms with van der Waals surface area (Å²) in [5, 5.41) is 2.37. The van der Waals surface area contributed by atoms with E-state index in [0.717, 1.165) is 23.6 Å². The molecule has 0 spiro atoms. The average Bonchev–Trinajstić information content (AvgIpc) is 2.50. The first-order valence-corrected chi connectivity index (χ1v) is 8.89. The molecule has 0 saturated heterocycles. The quantitative estimate of drug-likeness (QED) is 0.280. The maximum Gasteiger partial charge on any atom is 0.333 e. The first kappa shape index (κ1) is 17.7. The second-order valence-electron chi connectivity index (χ2n) is 4.18. The molecule has 0 amide bonds. The summed E-state index contributed by atoms with van der Waals surface area (Å²) in [7, 11) is 4.83. The van der Waals surface area contributed by atoms with E-state index in [1.54, 1.807) is 34.8 Å². The molecular weight excluding hydrogens is 304 g/mol. The molecule has 0 N–H and O–H groups in total. The molecule has 1 heterocycles. The van der Waals surface area contributed by atoms with E-state index in [4.69, 9.17) is 4.84 Å². The van der Waals surface area contributed by atoms with Gasteiger partial charge in [0.05, 0.1) is 6.42 Å². The van der Waals surface area contributed by atoms with E-state index in [-0.39, 0.29) is 5.97 Å². The maximum atomic E-state index is 11.7. The summed E-state index contributed by atoms with van der Waals surface area (Å²) in [5.74, 6) is 0.416. The Labute approximate surface area is 134 Å². The monoisotopic (exact) mass is 324 g/mol. The molecule has 114 valence electrons. The number of hydrogen-bond acceptors (Lipinski definition) is 6. The van der Waals surface area contributed by atoms with Crippen molar-refractivity contribution in [2.75, 3.05) is 12.8 Å². The lowest BCUT2D eigenvalue weighted by molar-refractivity contribution is -0.175. The van der Waals surface area contributed by atoms with E-state index in [0.29, 0.717) is 12.2 Å². The van der Waals surface area contributed by atoms with Gasteiger partial charge in [-0.15, -0.1) is 6.58 Å². The Bertz CT molecular complexity index is 466. The van der Waals surface area contributed by atoms with E-state index in [1.165, 1.54) is 5.06 Å². The molecule has 0 fully saturated rings. The van der Waals surface area contributed by atoms with Crippen molar-refractivity contribution in [3.8, 4) is 0 Å². The number of carbonyl (C=O) groups excluding carboxylic acids is 1. The Hall–Kier alpha value is -1.40. The molecule has 1 aromatic heterocycles. The minimum atomic E-state index is -0.258. The third-order valence-corrected chi connectivity index (χ3v) is 4.76. The van der Waals surface area contributed by atoms with Crippen molar-refractivity contribution >= 4 is 27.6 Å². The molecule has 0 bridgehead atoms. The number of aromatic nitrogens is 1. The summed E-state index contributed by atoms with van der Waals surface area (Å²) in [6.45, 7) is 7.51. The van der Waals surface area contributed by atoms with Gasteiger partial charge < -0.3 is 4.84 Å². The van der Waals surface area contributed by atoms with Crippen molar-refractivity contribution < 1.29 is 9.63 Å². The van der Waals surface area contributed by atoms with E-state index in [9.17, 15) is 4.79 Å². The van der Waals surface area contributed by atoms with Crippen molar-refractivity contribution in [1.82, 2.24) is 10.0 Å². The van der Waals surface area contributed by atoms with Gasteiger partial charge >= 0.3 is 5.97 Å². The molecule has 0 aliphatic heterocycles. The molecule has 1 aromatic rings. The Morgan fingerprint density at radius 1 is 1.48 bits per heavy atom. The Balaban J connectivity index is 2.16. The van der Waals surface area contributed by atoms with Crippen molar-refractivity contribution in [3.63, 3.8) is 0 Å². The summed E-state index contributed by atoms with van der Waals surface area (Å²) in [6, 6.07) is 5.75. The van der Waals surface area contributed by atoms with Crippen LogP contribution in [0.4, 0.5) is 0 Å². The number of hydrogen-bond donors (Lipinski definition) is 0. The van der Waals surface area contributed by atoms with Crippen LogP contribution in [-0.2, 0) is 9.63 Å². The minimum absolute atomic E-state index is 0.258. The molecule has 0 saturated carbocycles. The SMILES string of the molecule is C=CCCC(=C)N(C)OC(=O)CCSSc1ccccn1. The Morgan fingerprint density at radius 2 is 2.29 bits per heavy atom. The van der Waals surface area contributed by atoms with Crippen LogP contribution >= 0.6 is 21.6 Å². The molecule has 1 rings (SSSR count). The van der Waals surface area contributed by atoms with Crippen LogP contribution in [0, 0.1) is 0 Å². The van der Waals surface area contributed by atoms with Crippen LogP contribution in [0.15, 0.2) is 54.4 Å². The van der Waals surface area contributed by atoms with Crippen LogP contribution in [0.25, 0.3) is 0 Å². The van der Waals surface area contributed by atoms with Gasteiger partial charge in [-0.2, -0.15) is 0 Å². The molecule has 4 nitrogen and oxygen atoms in total. The van der Waals surface area contributed by atoms with Gasteiger partial charge in [-0.25, -0.2) is 14.8 Å². The highest BCUT2D eigenvalue weighted by Crippen LogP contribution is 2.29. The zero-order valence-corrected chi connectivity index (χ0v) is 13.8. The van der Waals surface area contributed by atoms with Crippen molar-refractivity contribution in [2.45, 2.75) is 24.3 Å². The third kappa shape index (κ3) is 7.82. The van der Waals surface area contributed by atoms with Gasteiger partial charge in [-0.1, -0.05) is 29.5 Å². The lowest BCUT2D eigenvalue weighted by atomic mass is 10.2. The molecule has 0 aliphatic carbocycles. The lowest BCUT2D eigenvalue weighted by Crippen LogP contribution is -2.22. The summed E-state index contributed by atoms with van der Waals surface area (Å²) >= 11 is 0. The predicted molar refractivity (Wildman–Crippen MR) is 89.6 cm³/mol. The van der Waals surface area contributed by atoms with Gasteiger partial charge in [0.15, 0.2) is 0 Å². The van der Waals surface area contributed by atoms with E-state index < -0.39 is 0 Å². The highest BCUT2D eigenvalue weighted by atomic mass is 33.1. The summed E-state index contributed by atoms with van der Waals surface area (Å²) in [5.41, 5.74) is 0.763. The number of hydroxylamine groups is 2. The smallest absolute Gasteiger partial charge is 0.333 e. The van der Waals surface area contributed by atoms with Crippen molar-refractivity contribution in [3.05, 3.63) is 49.3 Å². The van der Waals surface area contributed by atoms with Gasteiger partial charge in [0.1, 0.15) is 5.03 Å². The molecule has 0 unspecified atom stereocenters. The molecule has 0 radical (unpaired) electrons. The zero-order chi connectivity index (χ0) is 15.5. The lowest BCUT2D eigenvalue weighted by Gasteiger charge is -2.19. The normalized spacial score (nSPS) is 9.95. The zero-order valence-electron chi connectivity index (χ0n) is 12.2. The minimum Gasteiger partial charge on any atom is -0.341 e. The molecule has 21 heavy (non-hydrogen) atoms. The van der Waals surface area contributed by atoms with Crippen LogP contribution < -0.4 is 0 Å². The van der Waals surface area contributed by atoms with Gasteiger partial charge in [0, 0.05) is 24.7 Å². The fourth-order valence-corrected chi connectivity index (χ4v) is 3.16. The largest absolute Gasteiger partial charge is 0.341 e. The van der Waals surface area contributed by atoms with E-state index in [1.807, 2.05) is 24.3 Å². The van der Waals surface area contributed by atoms with Crippen LogP contribution in [0.5, 0.6) is 0 Å². The topological polar surface area (TPSA) is 42.4 Å². The highest BCUT2D eigenvalue weighted by Gasteiger charge is 2.09. The van der Waals surface area contributed by atoms with Crippen LogP contribution in [0.1, 0.15) is 19.3 Å². The second kappa shape index (κ2) is 10.3. The molecule has 0 aliphatic rings. The molecule has 0 atom stereocenters. The number of pyridine rings is 1. The number of carbonyl (C=O) groups is 1. The van der Waals surface area contributed by atoms with Crippen molar-refractivity contribution in [2.24, 2.45) is 0 Å². The number of rotatable bonds is 10. The molecule has 0 aromatic carbocycles. The second-order valence-corrected chi connectivity index (χ2v) is 6.61.